The fourth-order valence-corrected chi connectivity index (χ4v) is 6.51. The van der Waals surface area contributed by atoms with Crippen molar-refractivity contribution in [2.75, 3.05) is 0 Å². The van der Waals surface area contributed by atoms with Crippen LogP contribution in [0.3, 0.4) is 0 Å². The fraction of sp³-hybridized carbons (Fsp3) is 1.00. The molecule has 24 heavy (non-hydrogen) atoms. The van der Waals surface area contributed by atoms with Crippen LogP contribution in [0.2, 0.25) is 0 Å². The van der Waals surface area contributed by atoms with Crippen LogP contribution in [0, 0.1) is 35.0 Å². The van der Waals surface area contributed by atoms with E-state index in [1.165, 1.54) is 32.1 Å². The van der Waals surface area contributed by atoms with Crippen LogP contribution in [0.25, 0.3) is 0 Å². The molecule has 4 heteroatoms. The Hall–Kier alpha value is -0.160. The maximum atomic E-state index is 6.11. The third kappa shape index (κ3) is 2.33. The zero-order valence-electron chi connectivity index (χ0n) is 15.4. The summed E-state index contributed by atoms with van der Waals surface area (Å²) in [4.78, 5) is 24.2. The maximum Gasteiger partial charge on any atom is 0.239 e. The normalized spacial score (nSPS) is 53.9. The van der Waals surface area contributed by atoms with Crippen LogP contribution >= 0.6 is 0 Å². The second-order valence-corrected chi connectivity index (χ2v) is 10.4. The summed E-state index contributed by atoms with van der Waals surface area (Å²) in [5.74, 6) is 2.11. The monoisotopic (exact) mass is 336 g/mol. The molecule has 0 radical (unpaired) electrons. The Bertz CT molecular complexity index is 460. The van der Waals surface area contributed by atoms with Crippen molar-refractivity contribution in [3.8, 4) is 0 Å². The molecule has 0 aromatic carbocycles. The second kappa shape index (κ2) is 5.18. The minimum absolute atomic E-state index is 0.348. The summed E-state index contributed by atoms with van der Waals surface area (Å²) >= 11 is 0. The van der Waals surface area contributed by atoms with Crippen molar-refractivity contribution in [3.05, 3.63) is 0 Å². The summed E-state index contributed by atoms with van der Waals surface area (Å²) in [5, 5.41) is 0. The average Bonchev–Trinajstić information content (AvgIpc) is 2.53. The lowest BCUT2D eigenvalue weighted by Crippen LogP contribution is -2.64. The van der Waals surface area contributed by atoms with Crippen LogP contribution in [-0.2, 0) is 19.6 Å². The van der Waals surface area contributed by atoms with Crippen LogP contribution in [-0.4, -0.2) is 11.6 Å². The molecule has 6 fully saturated rings. The summed E-state index contributed by atoms with van der Waals surface area (Å²) in [7, 11) is 0. The summed E-state index contributed by atoms with van der Waals surface area (Å²) in [5.41, 5.74) is 0.348. The van der Waals surface area contributed by atoms with E-state index in [0.717, 1.165) is 37.5 Å². The molecule has 1 saturated heterocycles. The minimum Gasteiger partial charge on any atom is -0.195 e. The van der Waals surface area contributed by atoms with Gasteiger partial charge >= 0.3 is 0 Å². The molecular weight excluding hydrogens is 304 g/mol. The Kier molecular flexibility index (Phi) is 3.47. The molecule has 0 unspecified atom stereocenters. The van der Waals surface area contributed by atoms with Crippen molar-refractivity contribution >= 4 is 0 Å². The molecule has 0 atom stereocenters. The molecule has 5 saturated carbocycles. The molecule has 6 aliphatic rings. The van der Waals surface area contributed by atoms with E-state index >= 15 is 0 Å². The topological polar surface area (TPSA) is 36.9 Å². The van der Waals surface area contributed by atoms with Crippen molar-refractivity contribution < 1.29 is 19.6 Å². The van der Waals surface area contributed by atoms with Crippen LogP contribution < -0.4 is 0 Å². The van der Waals surface area contributed by atoms with E-state index in [4.69, 9.17) is 19.6 Å². The molecule has 0 amide bonds. The molecule has 5 aliphatic carbocycles. The van der Waals surface area contributed by atoms with Crippen LogP contribution in [0.15, 0.2) is 0 Å². The first-order valence-electron chi connectivity index (χ1n) is 10.1. The molecule has 0 N–H and O–H groups in total. The van der Waals surface area contributed by atoms with E-state index in [9.17, 15) is 0 Å². The molecule has 136 valence electrons. The van der Waals surface area contributed by atoms with Gasteiger partial charge in [-0.2, -0.15) is 19.6 Å². The van der Waals surface area contributed by atoms with Gasteiger partial charge in [0.1, 0.15) is 0 Å². The summed E-state index contributed by atoms with van der Waals surface area (Å²) in [6.07, 6.45) is 10.3. The molecule has 0 aromatic rings. The Labute approximate surface area is 145 Å². The van der Waals surface area contributed by atoms with Gasteiger partial charge in [0.2, 0.25) is 11.6 Å². The number of hydrogen-bond donors (Lipinski definition) is 0. The largest absolute Gasteiger partial charge is 0.239 e. The van der Waals surface area contributed by atoms with Gasteiger partial charge in [-0.25, -0.2) is 0 Å². The van der Waals surface area contributed by atoms with Gasteiger partial charge in [-0.05, 0) is 68.1 Å². The molecule has 6 rings (SSSR count). The first kappa shape index (κ1) is 16.0. The smallest absolute Gasteiger partial charge is 0.195 e. The summed E-state index contributed by atoms with van der Waals surface area (Å²) in [6.45, 7) is 6.98. The number of hydrogen-bond acceptors (Lipinski definition) is 4. The van der Waals surface area contributed by atoms with Crippen molar-refractivity contribution in [3.63, 3.8) is 0 Å². The van der Waals surface area contributed by atoms with Crippen molar-refractivity contribution in [2.24, 2.45) is 35.0 Å². The highest BCUT2D eigenvalue weighted by Crippen LogP contribution is 2.62. The molecule has 0 aromatic heterocycles. The van der Waals surface area contributed by atoms with Gasteiger partial charge in [0.05, 0.1) is 0 Å². The lowest BCUT2D eigenvalue weighted by atomic mass is 9.53. The van der Waals surface area contributed by atoms with E-state index in [1.54, 1.807) is 0 Å². The van der Waals surface area contributed by atoms with E-state index in [2.05, 4.69) is 20.8 Å². The van der Waals surface area contributed by atoms with E-state index in [1.807, 2.05) is 0 Å². The zero-order chi connectivity index (χ0) is 16.6. The SMILES string of the molecule is CC(C)(C)C1CCC2(CC1)OOC1(OO2)C2CC3CC(C2)CC1C3. The quantitative estimate of drug-likeness (QED) is 0.585. The molecule has 1 aliphatic heterocycles. The van der Waals surface area contributed by atoms with Crippen LogP contribution in [0.1, 0.15) is 78.6 Å². The molecule has 2 spiro atoms. The maximum absolute atomic E-state index is 6.11. The average molecular weight is 336 g/mol. The van der Waals surface area contributed by atoms with Gasteiger partial charge in [-0.1, -0.05) is 20.8 Å². The lowest BCUT2D eigenvalue weighted by Gasteiger charge is -2.60. The van der Waals surface area contributed by atoms with Crippen LogP contribution in [0.4, 0.5) is 0 Å². The fourth-order valence-electron chi connectivity index (χ4n) is 6.51. The van der Waals surface area contributed by atoms with E-state index in [0.29, 0.717) is 23.2 Å². The van der Waals surface area contributed by atoms with Gasteiger partial charge in [0.15, 0.2) is 0 Å². The Morgan fingerprint density at radius 1 is 0.708 bits per heavy atom. The Morgan fingerprint density at radius 3 is 1.67 bits per heavy atom. The zero-order valence-corrected chi connectivity index (χ0v) is 15.4. The Morgan fingerprint density at radius 2 is 1.21 bits per heavy atom. The number of rotatable bonds is 0. The van der Waals surface area contributed by atoms with Gasteiger partial charge in [0, 0.05) is 24.7 Å². The lowest BCUT2D eigenvalue weighted by molar-refractivity contribution is -0.680. The van der Waals surface area contributed by atoms with Crippen LogP contribution in [0.5, 0.6) is 0 Å². The standard InChI is InChI=1S/C20H32O4/c1-18(2,3)15-4-6-19(7-5-15)21-23-20(24-22-19)16-9-13-8-14(11-16)12-17(20)10-13/h13-17H,4-12H2,1-3H3. The molecular formula is C20H32O4. The predicted octanol–water partition coefficient (Wildman–Crippen LogP) is 4.98. The first-order chi connectivity index (χ1) is 11.4. The third-order valence-electron chi connectivity index (χ3n) is 7.90. The summed E-state index contributed by atoms with van der Waals surface area (Å²) in [6, 6.07) is 0. The van der Waals surface area contributed by atoms with Gasteiger partial charge in [0.25, 0.3) is 0 Å². The minimum atomic E-state index is -0.665. The second-order valence-electron chi connectivity index (χ2n) is 10.4. The van der Waals surface area contributed by atoms with Gasteiger partial charge in [-0.15, -0.1) is 0 Å². The molecule has 4 nitrogen and oxygen atoms in total. The summed E-state index contributed by atoms with van der Waals surface area (Å²) < 4.78 is 0. The first-order valence-corrected chi connectivity index (χ1v) is 10.1. The Balaban J connectivity index is 1.27. The van der Waals surface area contributed by atoms with Gasteiger partial charge < -0.3 is 0 Å². The highest BCUT2D eigenvalue weighted by atomic mass is 17.4. The molecule has 4 bridgehead atoms. The van der Waals surface area contributed by atoms with Crippen molar-refractivity contribution in [1.82, 2.24) is 0 Å². The van der Waals surface area contributed by atoms with Gasteiger partial charge in [-0.3, -0.25) is 0 Å². The van der Waals surface area contributed by atoms with Crippen molar-refractivity contribution in [2.45, 2.75) is 90.1 Å². The predicted molar refractivity (Wildman–Crippen MR) is 88.3 cm³/mol. The molecule has 1 heterocycles. The van der Waals surface area contributed by atoms with E-state index < -0.39 is 11.6 Å². The van der Waals surface area contributed by atoms with E-state index in [-0.39, 0.29) is 0 Å². The third-order valence-corrected chi connectivity index (χ3v) is 7.90. The highest BCUT2D eigenvalue weighted by Gasteiger charge is 2.64. The highest BCUT2D eigenvalue weighted by molar-refractivity contribution is 5.03. The van der Waals surface area contributed by atoms with Crippen molar-refractivity contribution in [1.29, 1.82) is 0 Å².